The lowest BCUT2D eigenvalue weighted by Crippen LogP contribution is -2.27. The molecule has 1 N–H and O–H groups in total. The molecule has 0 amide bonds. The largest absolute Gasteiger partial charge is 0.416 e. The van der Waals surface area contributed by atoms with Crippen molar-refractivity contribution in [3.05, 3.63) is 35.4 Å². The molecule has 0 radical (unpaired) electrons. The predicted octanol–water partition coefficient (Wildman–Crippen LogP) is 4.52. The van der Waals surface area contributed by atoms with Gasteiger partial charge >= 0.3 is 6.18 Å². The Morgan fingerprint density at radius 1 is 0.947 bits per heavy atom. The van der Waals surface area contributed by atoms with E-state index in [1.165, 1.54) is 38.5 Å². The number of hydrogen-bond donors (Lipinski definition) is 1. The minimum absolute atomic E-state index is 0.518. The highest BCUT2D eigenvalue weighted by atomic mass is 19.4. The van der Waals surface area contributed by atoms with E-state index >= 15 is 0 Å². The minimum atomic E-state index is -4.24. The Bertz CT molecular complexity index is 375. The van der Waals surface area contributed by atoms with E-state index in [1.54, 1.807) is 12.1 Å². The minimum Gasteiger partial charge on any atom is -0.310 e. The maximum atomic E-state index is 12.4. The van der Waals surface area contributed by atoms with Crippen molar-refractivity contribution in [3.63, 3.8) is 0 Å². The molecule has 106 valence electrons. The summed E-state index contributed by atoms with van der Waals surface area (Å²) in [5.41, 5.74) is 0.336. The highest BCUT2D eigenvalue weighted by molar-refractivity contribution is 5.24. The average Bonchev–Trinajstić information content (AvgIpc) is 2.64. The van der Waals surface area contributed by atoms with E-state index in [0.717, 1.165) is 17.7 Å². The van der Waals surface area contributed by atoms with Crippen molar-refractivity contribution in [1.82, 2.24) is 5.32 Å². The molecule has 0 heterocycles. The van der Waals surface area contributed by atoms with Crippen molar-refractivity contribution in [1.29, 1.82) is 0 Å². The third-order valence-corrected chi connectivity index (χ3v) is 3.73. The van der Waals surface area contributed by atoms with Crippen LogP contribution in [-0.4, -0.2) is 6.04 Å². The van der Waals surface area contributed by atoms with E-state index in [9.17, 15) is 13.2 Å². The van der Waals surface area contributed by atoms with Crippen molar-refractivity contribution in [2.45, 2.75) is 57.3 Å². The van der Waals surface area contributed by atoms with Crippen LogP contribution in [0.4, 0.5) is 13.2 Å². The third kappa shape index (κ3) is 4.53. The Morgan fingerprint density at radius 3 is 2.05 bits per heavy atom. The van der Waals surface area contributed by atoms with E-state index in [-0.39, 0.29) is 0 Å². The van der Waals surface area contributed by atoms with Crippen molar-refractivity contribution in [2.75, 3.05) is 0 Å². The number of benzene rings is 1. The van der Waals surface area contributed by atoms with E-state index in [1.807, 2.05) is 0 Å². The van der Waals surface area contributed by atoms with Crippen LogP contribution in [0.25, 0.3) is 0 Å². The molecule has 0 atom stereocenters. The summed E-state index contributed by atoms with van der Waals surface area (Å²) in [6, 6.07) is 5.96. The Balaban J connectivity index is 1.85. The third-order valence-electron chi connectivity index (χ3n) is 3.73. The van der Waals surface area contributed by atoms with Crippen LogP contribution in [-0.2, 0) is 12.7 Å². The quantitative estimate of drug-likeness (QED) is 0.797. The Labute approximate surface area is 112 Å². The molecular weight excluding hydrogens is 251 g/mol. The molecule has 0 saturated heterocycles. The molecule has 19 heavy (non-hydrogen) atoms. The first kappa shape index (κ1) is 14.4. The van der Waals surface area contributed by atoms with Crippen molar-refractivity contribution >= 4 is 0 Å². The normalized spacial score (nSPS) is 18.3. The summed E-state index contributed by atoms with van der Waals surface area (Å²) in [7, 11) is 0. The second kappa shape index (κ2) is 6.42. The number of nitrogens with one attached hydrogen (secondary N) is 1. The summed E-state index contributed by atoms with van der Waals surface area (Å²) in [6.07, 6.45) is 3.24. The zero-order chi connectivity index (χ0) is 13.7. The lowest BCUT2D eigenvalue weighted by molar-refractivity contribution is -0.137. The van der Waals surface area contributed by atoms with Crippen LogP contribution in [0.2, 0.25) is 0 Å². The Hall–Kier alpha value is -1.03. The lowest BCUT2D eigenvalue weighted by Gasteiger charge is -2.16. The lowest BCUT2D eigenvalue weighted by atomic mass is 10.1. The van der Waals surface area contributed by atoms with Crippen LogP contribution in [0.1, 0.15) is 49.7 Å². The van der Waals surface area contributed by atoms with Gasteiger partial charge in [-0.15, -0.1) is 0 Å². The number of halogens is 3. The Kier molecular flexibility index (Phi) is 4.86. The van der Waals surface area contributed by atoms with Crippen LogP contribution in [0, 0.1) is 0 Å². The first-order valence-corrected chi connectivity index (χ1v) is 6.95. The summed E-state index contributed by atoms with van der Waals surface area (Å²) in [6.45, 7) is 0.656. The van der Waals surface area contributed by atoms with Gasteiger partial charge in [0.1, 0.15) is 0 Å². The molecule has 1 saturated carbocycles. The zero-order valence-electron chi connectivity index (χ0n) is 11.0. The van der Waals surface area contributed by atoms with Gasteiger partial charge in [-0.25, -0.2) is 0 Å². The summed E-state index contributed by atoms with van der Waals surface area (Å²) in [5, 5.41) is 3.45. The van der Waals surface area contributed by atoms with E-state index in [4.69, 9.17) is 0 Å². The second-order valence-electron chi connectivity index (χ2n) is 5.26. The molecule has 4 heteroatoms. The first-order chi connectivity index (χ1) is 9.05. The van der Waals surface area contributed by atoms with Crippen molar-refractivity contribution < 1.29 is 13.2 Å². The number of hydrogen-bond acceptors (Lipinski definition) is 1. The molecular formula is C15H20F3N. The average molecular weight is 271 g/mol. The molecule has 2 rings (SSSR count). The van der Waals surface area contributed by atoms with Gasteiger partial charge in [-0.3, -0.25) is 0 Å². The summed E-state index contributed by atoms with van der Waals surface area (Å²) < 4.78 is 37.3. The molecule has 0 spiro atoms. The van der Waals surface area contributed by atoms with Crippen LogP contribution < -0.4 is 5.32 Å². The molecule has 0 aromatic heterocycles. The van der Waals surface area contributed by atoms with Crippen LogP contribution in [0.5, 0.6) is 0 Å². The monoisotopic (exact) mass is 271 g/mol. The SMILES string of the molecule is FC(F)(F)c1ccc(CNC2CCCCCC2)cc1. The smallest absolute Gasteiger partial charge is 0.310 e. The van der Waals surface area contributed by atoms with Crippen molar-refractivity contribution in [3.8, 4) is 0 Å². The van der Waals surface area contributed by atoms with Gasteiger partial charge < -0.3 is 5.32 Å². The summed E-state index contributed by atoms with van der Waals surface area (Å²) >= 11 is 0. The Morgan fingerprint density at radius 2 is 1.53 bits per heavy atom. The maximum absolute atomic E-state index is 12.4. The topological polar surface area (TPSA) is 12.0 Å². The highest BCUT2D eigenvalue weighted by Gasteiger charge is 2.29. The van der Waals surface area contributed by atoms with E-state index in [0.29, 0.717) is 12.6 Å². The highest BCUT2D eigenvalue weighted by Crippen LogP contribution is 2.29. The molecule has 1 fully saturated rings. The summed E-state index contributed by atoms with van der Waals surface area (Å²) in [4.78, 5) is 0. The van der Waals surface area contributed by atoms with Gasteiger partial charge in [0, 0.05) is 12.6 Å². The van der Waals surface area contributed by atoms with Crippen molar-refractivity contribution in [2.24, 2.45) is 0 Å². The van der Waals surface area contributed by atoms with Gasteiger partial charge in [0.2, 0.25) is 0 Å². The molecule has 0 unspecified atom stereocenters. The second-order valence-corrected chi connectivity index (χ2v) is 5.26. The predicted molar refractivity (Wildman–Crippen MR) is 69.8 cm³/mol. The summed E-state index contributed by atoms with van der Waals surface area (Å²) in [5.74, 6) is 0. The van der Waals surface area contributed by atoms with Gasteiger partial charge in [-0.2, -0.15) is 13.2 Å². The van der Waals surface area contributed by atoms with Crippen LogP contribution in [0.3, 0.4) is 0 Å². The number of rotatable bonds is 3. The van der Waals surface area contributed by atoms with Gasteiger partial charge in [-0.05, 0) is 30.5 Å². The molecule has 1 aliphatic carbocycles. The zero-order valence-corrected chi connectivity index (χ0v) is 11.0. The van der Waals surface area contributed by atoms with E-state index < -0.39 is 11.7 Å². The molecule has 1 aliphatic rings. The maximum Gasteiger partial charge on any atom is 0.416 e. The van der Waals surface area contributed by atoms with Gasteiger partial charge in [0.05, 0.1) is 5.56 Å². The molecule has 0 bridgehead atoms. The fourth-order valence-electron chi connectivity index (χ4n) is 2.56. The van der Waals surface area contributed by atoms with E-state index in [2.05, 4.69) is 5.32 Å². The molecule has 0 aliphatic heterocycles. The van der Waals surface area contributed by atoms with Gasteiger partial charge in [0.25, 0.3) is 0 Å². The fraction of sp³-hybridized carbons (Fsp3) is 0.600. The molecule has 1 aromatic rings. The van der Waals surface area contributed by atoms with Crippen LogP contribution in [0.15, 0.2) is 24.3 Å². The van der Waals surface area contributed by atoms with Crippen LogP contribution >= 0.6 is 0 Å². The number of alkyl halides is 3. The molecule has 1 aromatic carbocycles. The fourth-order valence-corrected chi connectivity index (χ4v) is 2.56. The van der Waals surface area contributed by atoms with Gasteiger partial charge in [-0.1, -0.05) is 37.8 Å². The molecule has 1 nitrogen and oxygen atoms in total. The first-order valence-electron chi connectivity index (χ1n) is 6.95. The van der Waals surface area contributed by atoms with Gasteiger partial charge in [0.15, 0.2) is 0 Å². The standard InChI is InChI=1S/C15H20F3N/c16-15(17,18)13-9-7-12(8-10-13)11-19-14-5-3-1-2-4-6-14/h7-10,14,19H,1-6,11H2.